The summed E-state index contributed by atoms with van der Waals surface area (Å²) in [6.45, 7) is 0. The molecule has 2 aromatic carbocycles. The van der Waals surface area contributed by atoms with E-state index in [0.717, 1.165) is 4.47 Å². The van der Waals surface area contributed by atoms with Gasteiger partial charge in [-0.15, -0.1) is 0 Å². The molecule has 8 heteroatoms. The fourth-order valence-corrected chi connectivity index (χ4v) is 5.27. The van der Waals surface area contributed by atoms with Crippen molar-refractivity contribution < 1.29 is 13.2 Å². The lowest BCUT2D eigenvalue weighted by atomic mass is 10.0. The number of aromatic nitrogens is 3. The molecule has 0 aliphatic carbocycles. The van der Waals surface area contributed by atoms with Crippen molar-refractivity contribution in [2.24, 2.45) is 0 Å². The SMILES string of the molecule is O=C(c1c[nH]c2ncc(Br)cc12)c1cccc2c1ccn2S(=O)(=O)c1ccccc1. The van der Waals surface area contributed by atoms with E-state index in [1.54, 1.807) is 67.0 Å². The number of nitrogens with one attached hydrogen (secondary N) is 1. The standard InChI is InChI=1S/C22H14BrN3O3S/c23-14-11-18-19(13-25-22(18)24-12-14)21(27)17-7-4-8-20-16(17)9-10-26(20)30(28,29)15-5-2-1-3-6-15/h1-13H,(H,24,25). The van der Waals surface area contributed by atoms with Gasteiger partial charge in [0.05, 0.1) is 10.4 Å². The summed E-state index contributed by atoms with van der Waals surface area (Å²) in [6, 6.07) is 16.8. The first-order chi connectivity index (χ1) is 14.5. The highest BCUT2D eigenvalue weighted by atomic mass is 79.9. The first kappa shape index (κ1) is 18.8. The molecular weight excluding hydrogens is 466 g/mol. The average molecular weight is 480 g/mol. The lowest BCUT2D eigenvalue weighted by Crippen LogP contribution is -2.11. The first-order valence-electron chi connectivity index (χ1n) is 9.05. The van der Waals surface area contributed by atoms with Crippen LogP contribution in [-0.4, -0.2) is 28.1 Å². The Morgan fingerprint density at radius 1 is 0.967 bits per heavy atom. The molecule has 0 atom stereocenters. The fraction of sp³-hybridized carbons (Fsp3) is 0. The second-order valence-electron chi connectivity index (χ2n) is 6.75. The average Bonchev–Trinajstić information content (AvgIpc) is 3.38. The van der Waals surface area contributed by atoms with E-state index in [1.165, 1.54) is 10.2 Å². The number of halogens is 1. The van der Waals surface area contributed by atoms with Crippen molar-refractivity contribution in [1.82, 2.24) is 13.9 Å². The van der Waals surface area contributed by atoms with Gasteiger partial charge in [-0.1, -0.05) is 30.3 Å². The van der Waals surface area contributed by atoms with Gasteiger partial charge >= 0.3 is 0 Å². The largest absolute Gasteiger partial charge is 0.345 e. The third kappa shape index (κ3) is 2.88. The molecule has 0 saturated carbocycles. The Morgan fingerprint density at radius 2 is 1.77 bits per heavy atom. The van der Waals surface area contributed by atoms with Crippen molar-refractivity contribution in [3.8, 4) is 0 Å². The van der Waals surface area contributed by atoms with Gasteiger partial charge in [-0.05, 0) is 46.3 Å². The smallest absolute Gasteiger partial charge is 0.268 e. The minimum absolute atomic E-state index is 0.187. The second kappa shape index (κ2) is 6.93. The number of nitrogens with zero attached hydrogens (tertiary/aromatic N) is 2. The van der Waals surface area contributed by atoms with E-state index >= 15 is 0 Å². The Morgan fingerprint density at radius 3 is 2.57 bits per heavy atom. The number of aromatic amines is 1. The highest BCUT2D eigenvalue weighted by molar-refractivity contribution is 9.10. The number of hydrogen-bond acceptors (Lipinski definition) is 4. The molecule has 148 valence electrons. The zero-order valence-corrected chi connectivity index (χ0v) is 17.8. The van der Waals surface area contributed by atoms with Gasteiger partial charge in [0, 0.05) is 45.0 Å². The minimum atomic E-state index is -3.78. The van der Waals surface area contributed by atoms with Crippen LogP contribution in [0.25, 0.3) is 21.9 Å². The molecule has 5 rings (SSSR count). The van der Waals surface area contributed by atoms with Gasteiger partial charge in [-0.2, -0.15) is 0 Å². The summed E-state index contributed by atoms with van der Waals surface area (Å²) in [5.74, 6) is -0.207. The molecule has 0 aliphatic heterocycles. The summed E-state index contributed by atoms with van der Waals surface area (Å²) in [5.41, 5.74) is 1.96. The van der Waals surface area contributed by atoms with Crippen molar-refractivity contribution in [2.45, 2.75) is 4.90 Å². The van der Waals surface area contributed by atoms with Crippen molar-refractivity contribution in [2.75, 3.05) is 0 Å². The van der Waals surface area contributed by atoms with E-state index in [0.29, 0.717) is 33.1 Å². The fourth-order valence-electron chi connectivity index (χ4n) is 3.57. The lowest BCUT2D eigenvalue weighted by molar-refractivity contribution is 0.104. The van der Waals surface area contributed by atoms with Crippen molar-refractivity contribution >= 4 is 53.7 Å². The lowest BCUT2D eigenvalue weighted by Gasteiger charge is -2.08. The second-order valence-corrected chi connectivity index (χ2v) is 9.48. The molecule has 0 fully saturated rings. The van der Waals surface area contributed by atoms with Crippen LogP contribution >= 0.6 is 15.9 Å². The Hall–Kier alpha value is -3.23. The van der Waals surface area contributed by atoms with Crippen LogP contribution in [0.2, 0.25) is 0 Å². The maximum atomic E-state index is 13.4. The molecule has 30 heavy (non-hydrogen) atoms. The molecule has 0 spiro atoms. The third-order valence-corrected chi connectivity index (χ3v) is 7.12. The van der Waals surface area contributed by atoms with Crippen LogP contribution in [0, 0.1) is 0 Å². The summed E-state index contributed by atoms with van der Waals surface area (Å²) in [5, 5.41) is 1.27. The number of fused-ring (bicyclic) bond motifs is 2. The highest BCUT2D eigenvalue weighted by Gasteiger charge is 2.22. The summed E-state index contributed by atoms with van der Waals surface area (Å²) >= 11 is 3.39. The molecule has 5 aromatic rings. The van der Waals surface area contributed by atoms with E-state index in [9.17, 15) is 13.2 Å². The number of ketones is 1. The van der Waals surface area contributed by atoms with E-state index in [1.807, 2.05) is 6.07 Å². The topological polar surface area (TPSA) is 84.8 Å². The van der Waals surface area contributed by atoms with Gasteiger partial charge in [0.15, 0.2) is 5.78 Å². The molecule has 0 bridgehead atoms. The number of H-pyrrole nitrogens is 1. The number of benzene rings is 2. The number of carbonyl (C=O) groups excluding carboxylic acids is 1. The van der Waals surface area contributed by atoms with Crippen molar-refractivity contribution in [3.63, 3.8) is 0 Å². The van der Waals surface area contributed by atoms with E-state index in [2.05, 4.69) is 25.9 Å². The molecule has 6 nitrogen and oxygen atoms in total. The molecule has 3 aromatic heterocycles. The van der Waals surface area contributed by atoms with Gasteiger partial charge in [0.25, 0.3) is 10.0 Å². The van der Waals surface area contributed by atoms with Gasteiger partial charge in [0.2, 0.25) is 0 Å². The van der Waals surface area contributed by atoms with Crippen LogP contribution in [0.15, 0.2) is 88.6 Å². The van der Waals surface area contributed by atoms with Crippen LogP contribution < -0.4 is 0 Å². The van der Waals surface area contributed by atoms with E-state index in [4.69, 9.17) is 0 Å². The number of rotatable bonds is 4. The van der Waals surface area contributed by atoms with Gasteiger partial charge in [-0.25, -0.2) is 17.4 Å². The van der Waals surface area contributed by atoms with Gasteiger partial charge < -0.3 is 4.98 Å². The normalized spacial score (nSPS) is 11.9. The van der Waals surface area contributed by atoms with Gasteiger partial charge in [-0.3, -0.25) is 4.79 Å². The summed E-state index contributed by atoms with van der Waals surface area (Å²) in [4.78, 5) is 20.8. The first-order valence-corrected chi connectivity index (χ1v) is 11.3. The van der Waals surface area contributed by atoms with Crippen LogP contribution in [0.5, 0.6) is 0 Å². The summed E-state index contributed by atoms with van der Waals surface area (Å²) in [7, 11) is -3.78. The minimum Gasteiger partial charge on any atom is -0.345 e. The predicted octanol–water partition coefficient (Wildman–Crippen LogP) is 4.75. The number of carbonyl (C=O) groups is 1. The quantitative estimate of drug-likeness (QED) is 0.377. The third-order valence-electron chi connectivity index (χ3n) is 4.98. The Labute approximate surface area is 180 Å². The summed E-state index contributed by atoms with van der Waals surface area (Å²) in [6.07, 6.45) is 4.77. The molecule has 0 aliphatic rings. The highest BCUT2D eigenvalue weighted by Crippen LogP contribution is 2.29. The number of hydrogen-bond donors (Lipinski definition) is 1. The molecule has 0 unspecified atom stereocenters. The molecule has 1 N–H and O–H groups in total. The maximum Gasteiger partial charge on any atom is 0.268 e. The molecule has 0 radical (unpaired) electrons. The van der Waals surface area contributed by atoms with E-state index < -0.39 is 10.0 Å². The zero-order valence-electron chi connectivity index (χ0n) is 15.4. The Bertz CT molecular complexity index is 1540. The van der Waals surface area contributed by atoms with Crippen LogP contribution in [0.4, 0.5) is 0 Å². The Balaban J connectivity index is 1.67. The maximum absolute atomic E-state index is 13.4. The van der Waals surface area contributed by atoms with Crippen molar-refractivity contribution in [1.29, 1.82) is 0 Å². The molecule has 3 heterocycles. The molecular formula is C22H14BrN3O3S. The number of pyridine rings is 1. The van der Waals surface area contributed by atoms with Gasteiger partial charge in [0.1, 0.15) is 5.65 Å². The van der Waals surface area contributed by atoms with E-state index in [-0.39, 0.29) is 10.7 Å². The summed E-state index contributed by atoms with van der Waals surface area (Å²) < 4.78 is 28.2. The predicted molar refractivity (Wildman–Crippen MR) is 118 cm³/mol. The molecule has 0 saturated heterocycles. The molecule has 0 amide bonds. The van der Waals surface area contributed by atoms with Crippen LogP contribution in [-0.2, 0) is 10.0 Å². The zero-order chi connectivity index (χ0) is 20.9. The Kier molecular flexibility index (Phi) is 4.34. The van der Waals surface area contributed by atoms with Crippen molar-refractivity contribution in [3.05, 3.63) is 94.9 Å². The van der Waals surface area contributed by atoms with Crippen LogP contribution in [0.1, 0.15) is 15.9 Å². The monoisotopic (exact) mass is 479 g/mol. The van der Waals surface area contributed by atoms with Crippen LogP contribution in [0.3, 0.4) is 0 Å².